The van der Waals surface area contributed by atoms with Gasteiger partial charge in [-0.2, -0.15) is 5.10 Å². The molecule has 0 saturated carbocycles. The van der Waals surface area contributed by atoms with Crippen LogP contribution in [0.1, 0.15) is 49.3 Å². The summed E-state index contributed by atoms with van der Waals surface area (Å²) >= 11 is 0. The summed E-state index contributed by atoms with van der Waals surface area (Å²) in [5.74, 6) is 5.74. The fourth-order valence-electron chi connectivity index (χ4n) is 2.58. The van der Waals surface area contributed by atoms with Gasteiger partial charge in [-0.1, -0.05) is 45.0 Å². The molecule has 0 aliphatic rings. The summed E-state index contributed by atoms with van der Waals surface area (Å²) in [5, 5.41) is 4.39. The van der Waals surface area contributed by atoms with E-state index in [2.05, 4.69) is 61.6 Å². The summed E-state index contributed by atoms with van der Waals surface area (Å²) < 4.78 is 1.89. The van der Waals surface area contributed by atoms with Crippen LogP contribution in [0.5, 0.6) is 0 Å². The zero-order valence-corrected chi connectivity index (χ0v) is 13.6. The molecule has 21 heavy (non-hydrogen) atoms. The van der Waals surface area contributed by atoms with Crippen LogP contribution in [-0.4, -0.2) is 9.78 Å². The Hall–Kier alpha value is -1.65. The minimum atomic E-state index is 0.0664. The Morgan fingerprint density at radius 3 is 2.29 bits per heavy atom. The van der Waals surface area contributed by atoms with E-state index in [0.29, 0.717) is 0 Å². The van der Waals surface area contributed by atoms with Crippen LogP contribution in [0.2, 0.25) is 0 Å². The minimum absolute atomic E-state index is 0.0664. The topological polar surface area (TPSA) is 55.9 Å². The molecule has 1 heterocycles. The second-order valence-electron chi connectivity index (χ2n) is 6.70. The number of hydrazine groups is 1. The number of rotatable bonds is 4. The molecule has 0 aliphatic heterocycles. The van der Waals surface area contributed by atoms with E-state index in [-0.39, 0.29) is 11.5 Å². The Bertz CT molecular complexity index is 590. The van der Waals surface area contributed by atoms with E-state index in [1.165, 1.54) is 11.1 Å². The van der Waals surface area contributed by atoms with E-state index in [0.717, 1.165) is 17.8 Å². The molecule has 4 heteroatoms. The normalized spacial score (nSPS) is 13.4. The van der Waals surface area contributed by atoms with Crippen molar-refractivity contribution in [3.63, 3.8) is 0 Å². The Balaban J connectivity index is 2.17. The molecule has 4 nitrogen and oxygen atoms in total. The van der Waals surface area contributed by atoms with Crippen molar-refractivity contribution in [2.45, 2.75) is 45.6 Å². The number of nitrogens with one attached hydrogen (secondary N) is 1. The smallest absolute Gasteiger partial charge is 0.0669 e. The largest absolute Gasteiger partial charge is 0.271 e. The Labute approximate surface area is 127 Å². The van der Waals surface area contributed by atoms with Gasteiger partial charge in [-0.05, 0) is 36.0 Å². The maximum absolute atomic E-state index is 5.74. The van der Waals surface area contributed by atoms with E-state index in [1.54, 1.807) is 0 Å². The molecule has 2 rings (SSSR count). The van der Waals surface area contributed by atoms with Crippen molar-refractivity contribution < 1.29 is 0 Å². The molecule has 0 amide bonds. The highest BCUT2D eigenvalue weighted by atomic mass is 15.3. The van der Waals surface area contributed by atoms with Crippen LogP contribution in [0.4, 0.5) is 0 Å². The van der Waals surface area contributed by atoms with Crippen LogP contribution >= 0.6 is 0 Å². The molecule has 2 aromatic rings. The molecule has 3 N–H and O–H groups in total. The van der Waals surface area contributed by atoms with Crippen molar-refractivity contribution in [3.05, 3.63) is 52.8 Å². The van der Waals surface area contributed by atoms with E-state index in [4.69, 9.17) is 5.84 Å². The highest BCUT2D eigenvalue weighted by Crippen LogP contribution is 2.24. The van der Waals surface area contributed by atoms with Gasteiger partial charge in [-0.3, -0.25) is 16.0 Å². The first-order chi connectivity index (χ1) is 9.81. The van der Waals surface area contributed by atoms with Crippen molar-refractivity contribution in [2.75, 3.05) is 0 Å². The average molecular weight is 286 g/mol. The molecule has 1 aromatic heterocycles. The predicted octanol–water partition coefficient (Wildman–Crippen LogP) is 2.77. The van der Waals surface area contributed by atoms with Crippen LogP contribution < -0.4 is 11.3 Å². The third-order valence-corrected chi connectivity index (χ3v) is 3.86. The lowest BCUT2D eigenvalue weighted by Gasteiger charge is -2.20. The third-order valence-electron chi connectivity index (χ3n) is 3.86. The summed E-state index contributed by atoms with van der Waals surface area (Å²) in [5.41, 5.74) is 7.82. The fourth-order valence-corrected chi connectivity index (χ4v) is 2.58. The molecular weight excluding hydrogens is 260 g/mol. The van der Waals surface area contributed by atoms with Gasteiger partial charge in [0, 0.05) is 7.05 Å². The fraction of sp³-hybridized carbons (Fsp3) is 0.471. The minimum Gasteiger partial charge on any atom is -0.271 e. The van der Waals surface area contributed by atoms with Gasteiger partial charge in [0.25, 0.3) is 0 Å². The van der Waals surface area contributed by atoms with Crippen LogP contribution in [0, 0.1) is 6.92 Å². The van der Waals surface area contributed by atoms with Gasteiger partial charge in [-0.15, -0.1) is 0 Å². The molecule has 0 aliphatic carbocycles. The van der Waals surface area contributed by atoms with Crippen LogP contribution in [0.15, 0.2) is 30.3 Å². The first-order valence-electron chi connectivity index (χ1n) is 7.37. The van der Waals surface area contributed by atoms with E-state index < -0.39 is 0 Å². The summed E-state index contributed by atoms with van der Waals surface area (Å²) in [7, 11) is 1.95. The molecule has 0 bridgehead atoms. The molecular formula is C17H26N4. The lowest BCUT2D eigenvalue weighted by Crippen LogP contribution is -2.31. The summed E-state index contributed by atoms with van der Waals surface area (Å²) in [6.45, 7) is 8.68. The second-order valence-corrected chi connectivity index (χ2v) is 6.70. The number of nitrogens with zero attached hydrogens (tertiary/aromatic N) is 2. The average Bonchev–Trinajstić information content (AvgIpc) is 2.74. The SMILES string of the molecule is Cc1cc(C(Cc2ccc(C(C)(C)C)cc2)NN)n(C)n1. The first kappa shape index (κ1) is 15.7. The van der Waals surface area contributed by atoms with Crippen molar-refractivity contribution in [1.29, 1.82) is 0 Å². The van der Waals surface area contributed by atoms with E-state index in [9.17, 15) is 0 Å². The maximum Gasteiger partial charge on any atom is 0.0669 e. The summed E-state index contributed by atoms with van der Waals surface area (Å²) in [6.07, 6.45) is 0.847. The zero-order chi connectivity index (χ0) is 15.6. The first-order valence-corrected chi connectivity index (χ1v) is 7.37. The van der Waals surface area contributed by atoms with Gasteiger partial charge in [0.2, 0.25) is 0 Å². The van der Waals surface area contributed by atoms with E-state index >= 15 is 0 Å². The van der Waals surface area contributed by atoms with Gasteiger partial charge in [0.15, 0.2) is 0 Å². The molecule has 0 radical (unpaired) electrons. The van der Waals surface area contributed by atoms with Crippen LogP contribution in [0.25, 0.3) is 0 Å². The molecule has 0 spiro atoms. The monoisotopic (exact) mass is 286 g/mol. The van der Waals surface area contributed by atoms with Gasteiger partial charge in [0.05, 0.1) is 17.4 Å². The lowest BCUT2D eigenvalue weighted by molar-refractivity contribution is 0.508. The summed E-state index contributed by atoms with van der Waals surface area (Å²) in [6, 6.07) is 10.9. The molecule has 1 aromatic carbocycles. The number of aromatic nitrogens is 2. The molecule has 0 fully saturated rings. The highest BCUT2D eigenvalue weighted by Gasteiger charge is 2.17. The number of hydrogen-bond donors (Lipinski definition) is 2. The molecule has 114 valence electrons. The molecule has 0 saturated heterocycles. The Morgan fingerprint density at radius 1 is 1.24 bits per heavy atom. The Morgan fingerprint density at radius 2 is 1.86 bits per heavy atom. The van der Waals surface area contributed by atoms with Gasteiger partial charge in [-0.25, -0.2) is 0 Å². The Kier molecular flexibility index (Phi) is 4.49. The van der Waals surface area contributed by atoms with Crippen LogP contribution in [0.3, 0.4) is 0 Å². The molecule has 1 atom stereocenters. The summed E-state index contributed by atoms with van der Waals surface area (Å²) in [4.78, 5) is 0. The van der Waals surface area contributed by atoms with Crippen molar-refractivity contribution in [1.82, 2.24) is 15.2 Å². The lowest BCUT2D eigenvalue weighted by atomic mass is 9.86. The standard InChI is InChI=1S/C17H26N4/c1-12-10-16(21(5)20-12)15(19-18)11-13-6-8-14(9-7-13)17(2,3)4/h6-10,15,19H,11,18H2,1-5H3. The number of benzene rings is 1. The van der Waals surface area contributed by atoms with Gasteiger partial charge >= 0.3 is 0 Å². The quantitative estimate of drug-likeness (QED) is 0.671. The van der Waals surface area contributed by atoms with Crippen molar-refractivity contribution >= 4 is 0 Å². The van der Waals surface area contributed by atoms with Crippen LogP contribution in [-0.2, 0) is 18.9 Å². The van der Waals surface area contributed by atoms with E-state index in [1.807, 2.05) is 18.7 Å². The number of aryl methyl sites for hydroxylation is 2. The highest BCUT2D eigenvalue weighted by molar-refractivity contribution is 5.29. The number of nitrogens with two attached hydrogens (primary N) is 1. The van der Waals surface area contributed by atoms with Gasteiger partial charge < -0.3 is 0 Å². The van der Waals surface area contributed by atoms with Gasteiger partial charge in [0.1, 0.15) is 0 Å². The maximum atomic E-state index is 5.74. The number of hydrogen-bond acceptors (Lipinski definition) is 3. The second kappa shape index (κ2) is 6.00. The predicted molar refractivity (Wildman–Crippen MR) is 86.9 cm³/mol. The van der Waals surface area contributed by atoms with Crippen molar-refractivity contribution in [3.8, 4) is 0 Å². The zero-order valence-electron chi connectivity index (χ0n) is 13.6. The molecule has 1 unspecified atom stereocenters. The third kappa shape index (κ3) is 3.71. The van der Waals surface area contributed by atoms with Crippen molar-refractivity contribution in [2.24, 2.45) is 12.9 Å².